The van der Waals surface area contributed by atoms with Crippen molar-refractivity contribution >= 4 is 16.6 Å². The summed E-state index contributed by atoms with van der Waals surface area (Å²) in [6.45, 7) is 1.53. The normalized spacial score (nSPS) is 18.0. The Labute approximate surface area is 177 Å². The van der Waals surface area contributed by atoms with Crippen LogP contribution in [0.4, 0.5) is 32.0 Å². The molecular weight excluding hydrogens is 440 g/mol. The number of benzene rings is 2. The number of aryl methyl sites for hydroxylation is 1. The summed E-state index contributed by atoms with van der Waals surface area (Å²) in [7, 11) is 1.44. The van der Waals surface area contributed by atoms with E-state index in [1.165, 1.54) is 17.8 Å². The van der Waals surface area contributed by atoms with Crippen molar-refractivity contribution < 1.29 is 36.2 Å². The third-order valence-corrected chi connectivity index (χ3v) is 6.17. The van der Waals surface area contributed by atoms with Gasteiger partial charge in [-0.2, -0.15) is 18.3 Å². The Hall–Kier alpha value is -2.95. The van der Waals surface area contributed by atoms with Crippen LogP contribution in [0.5, 0.6) is 5.75 Å². The number of ether oxygens (including phenoxy) is 1. The monoisotopic (exact) mass is 457 g/mol. The number of aromatic nitrogens is 2. The third-order valence-electron chi connectivity index (χ3n) is 6.17. The molecule has 1 aliphatic heterocycles. The van der Waals surface area contributed by atoms with Gasteiger partial charge in [0.1, 0.15) is 11.5 Å². The molecule has 0 atom stereocenters. The maximum atomic E-state index is 15.3. The average molecular weight is 457 g/mol. The van der Waals surface area contributed by atoms with E-state index in [-0.39, 0.29) is 22.5 Å². The van der Waals surface area contributed by atoms with Crippen LogP contribution < -0.4 is 4.90 Å². The van der Waals surface area contributed by atoms with Crippen molar-refractivity contribution in [2.75, 3.05) is 24.7 Å². The number of aromatic hydroxyl groups is 1. The molecule has 32 heavy (non-hydrogen) atoms. The molecule has 1 spiro atoms. The lowest BCUT2D eigenvalue weighted by Gasteiger charge is -2.38. The van der Waals surface area contributed by atoms with E-state index in [2.05, 4.69) is 5.10 Å². The van der Waals surface area contributed by atoms with Gasteiger partial charge < -0.3 is 14.7 Å². The highest BCUT2D eigenvalue weighted by Crippen LogP contribution is 2.47. The number of morpholine rings is 1. The van der Waals surface area contributed by atoms with E-state index in [1.807, 2.05) is 4.90 Å². The van der Waals surface area contributed by atoms with Gasteiger partial charge in [-0.05, 0) is 31.0 Å². The van der Waals surface area contributed by atoms with Gasteiger partial charge in [0.2, 0.25) is 0 Å². The molecule has 1 saturated carbocycles. The molecule has 1 aliphatic carbocycles. The molecule has 0 bridgehead atoms. The molecule has 0 radical (unpaired) electrons. The predicted molar refractivity (Wildman–Crippen MR) is 103 cm³/mol. The molecular formula is C21H17F6N3O2. The maximum Gasteiger partial charge on any atom is 0.419 e. The molecule has 5 rings (SSSR count). The van der Waals surface area contributed by atoms with Gasteiger partial charge in [0.15, 0.2) is 17.4 Å². The van der Waals surface area contributed by atoms with E-state index in [4.69, 9.17) is 4.74 Å². The lowest BCUT2D eigenvalue weighted by Crippen LogP contribution is -2.47. The van der Waals surface area contributed by atoms with Crippen LogP contribution in [0.15, 0.2) is 18.2 Å². The summed E-state index contributed by atoms with van der Waals surface area (Å²) in [6.07, 6.45) is -3.41. The molecule has 2 heterocycles. The third kappa shape index (κ3) is 3.01. The van der Waals surface area contributed by atoms with E-state index >= 15 is 4.39 Å². The first-order valence-corrected chi connectivity index (χ1v) is 9.84. The van der Waals surface area contributed by atoms with Gasteiger partial charge in [-0.25, -0.2) is 13.2 Å². The van der Waals surface area contributed by atoms with E-state index < -0.39 is 46.2 Å². The van der Waals surface area contributed by atoms with E-state index in [9.17, 15) is 27.1 Å². The molecule has 170 valence electrons. The topological polar surface area (TPSA) is 50.5 Å². The average Bonchev–Trinajstić information content (AvgIpc) is 3.40. The second kappa shape index (κ2) is 6.77. The van der Waals surface area contributed by atoms with Gasteiger partial charge in [0.25, 0.3) is 0 Å². The second-order valence-corrected chi connectivity index (χ2v) is 8.17. The van der Waals surface area contributed by atoms with E-state index in [1.54, 1.807) is 6.07 Å². The summed E-state index contributed by atoms with van der Waals surface area (Å²) in [4.78, 5) is 2.04. The lowest BCUT2D eigenvalue weighted by atomic mass is 10.0. The minimum Gasteiger partial charge on any atom is -0.503 e. The first kappa shape index (κ1) is 20.9. The Morgan fingerprint density at radius 2 is 1.81 bits per heavy atom. The fourth-order valence-electron chi connectivity index (χ4n) is 4.36. The second-order valence-electron chi connectivity index (χ2n) is 8.17. The zero-order valence-electron chi connectivity index (χ0n) is 16.7. The SMILES string of the molecule is Cn1nc(-c2cc(C(F)(F)F)c(F)c(O)c2F)c2c(F)cc(N3CCOCC34CC4)cc21. The van der Waals surface area contributed by atoms with Gasteiger partial charge >= 0.3 is 6.18 Å². The van der Waals surface area contributed by atoms with Crippen molar-refractivity contribution in [2.24, 2.45) is 7.05 Å². The highest BCUT2D eigenvalue weighted by atomic mass is 19.4. The summed E-state index contributed by atoms with van der Waals surface area (Å²) in [6, 6.07) is 3.05. The van der Waals surface area contributed by atoms with Crippen LogP contribution in [0.25, 0.3) is 22.2 Å². The highest BCUT2D eigenvalue weighted by Gasteiger charge is 2.50. The minimum atomic E-state index is -5.20. The molecule has 1 aromatic heterocycles. The van der Waals surface area contributed by atoms with Crippen molar-refractivity contribution in [3.05, 3.63) is 41.2 Å². The Kier molecular flexibility index (Phi) is 4.43. The molecule has 2 aliphatic rings. The Morgan fingerprint density at radius 3 is 2.47 bits per heavy atom. The Balaban J connectivity index is 1.70. The zero-order valence-corrected chi connectivity index (χ0v) is 16.7. The molecule has 2 fully saturated rings. The van der Waals surface area contributed by atoms with Gasteiger partial charge in [-0.15, -0.1) is 0 Å². The van der Waals surface area contributed by atoms with Crippen molar-refractivity contribution in [3.63, 3.8) is 0 Å². The zero-order chi connectivity index (χ0) is 23.0. The summed E-state index contributed by atoms with van der Waals surface area (Å²) in [5.41, 5.74) is -2.61. The first-order chi connectivity index (χ1) is 15.0. The van der Waals surface area contributed by atoms with Crippen LogP contribution in [0, 0.1) is 17.5 Å². The number of alkyl halides is 3. The van der Waals surface area contributed by atoms with Crippen LogP contribution in [-0.4, -0.2) is 40.2 Å². The summed E-state index contributed by atoms with van der Waals surface area (Å²) >= 11 is 0. The number of fused-ring (bicyclic) bond motifs is 1. The number of phenolic OH excluding ortho intramolecular Hbond substituents is 1. The summed E-state index contributed by atoms with van der Waals surface area (Å²) < 4.78 is 90.1. The summed E-state index contributed by atoms with van der Waals surface area (Å²) in [5.74, 6) is -6.40. The number of rotatable bonds is 2. The van der Waals surface area contributed by atoms with E-state index in [0.29, 0.717) is 25.4 Å². The molecule has 3 aromatic rings. The number of halogens is 6. The lowest BCUT2D eigenvalue weighted by molar-refractivity contribution is -0.140. The van der Waals surface area contributed by atoms with Crippen molar-refractivity contribution in [2.45, 2.75) is 24.6 Å². The standard InChI is InChI=1S/C21H17F6N3O2/c1-29-14-7-10(30-4-5-32-9-20(30)2-3-20)6-13(22)15(14)18(28-29)11-8-12(21(25,26)27)17(24)19(31)16(11)23/h6-8,31H,2-5,9H2,1H3. The molecule has 0 amide bonds. The smallest absolute Gasteiger partial charge is 0.419 e. The van der Waals surface area contributed by atoms with Gasteiger partial charge in [0.05, 0.1) is 35.2 Å². The largest absolute Gasteiger partial charge is 0.503 e. The first-order valence-electron chi connectivity index (χ1n) is 9.84. The van der Waals surface area contributed by atoms with Crippen molar-refractivity contribution in [1.29, 1.82) is 0 Å². The number of anilines is 1. The molecule has 1 N–H and O–H groups in total. The highest BCUT2D eigenvalue weighted by molar-refractivity contribution is 5.96. The molecule has 0 unspecified atom stereocenters. The number of nitrogens with zero attached hydrogens (tertiary/aromatic N) is 3. The van der Waals surface area contributed by atoms with Crippen LogP contribution in [0.2, 0.25) is 0 Å². The fourth-order valence-corrected chi connectivity index (χ4v) is 4.36. The Bertz CT molecular complexity index is 1250. The van der Waals surface area contributed by atoms with Gasteiger partial charge in [-0.3, -0.25) is 4.68 Å². The molecule has 1 saturated heterocycles. The summed E-state index contributed by atoms with van der Waals surface area (Å²) in [5, 5.41) is 13.4. The quantitative estimate of drug-likeness (QED) is 0.565. The van der Waals surface area contributed by atoms with Crippen molar-refractivity contribution in [1.82, 2.24) is 9.78 Å². The van der Waals surface area contributed by atoms with Crippen LogP contribution in [0.1, 0.15) is 18.4 Å². The van der Waals surface area contributed by atoms with E-state index in [0.717, 1.165) is 12.8 Å². The minimum absolute atomic E-state index is 0.195. The number of hydrogen-bond donors (Lipinski definition) is 1. The van der Waals surface area contributed by atoms with Gasteiger partial charge in [0, 0.05) is 24.8 Å². The predicted octanol–water partition coefficient (Wildman–Crippen LogP) is 4.75. The maximum absolute atomic E-state index is 15.3. The van der Waals surface area contributed by atoms with Crippen LogP contribution in [-0.2, 0) is 18.0 Å². The van der Waals surface area contributed by atoms with Crippen LogP contribution in [0.3, 0.4) is 0 Å². The fraction of sp³-hybridized carbons (Fsp3) is 0.381. The Morgan fingerprint density at radius 1 is 1.09 bits per heavy atom. The number of phenols is 1. The van der Waals surface area contributed by atoms with Gasteiger partial charge in [-0.1, -0.05) is 0 Å². The molecule has 2 aromatic carbocycles. The number of hydrogen-bond acceptors (Lipinski definition) is 4. The van der Waals surface area contributed by atoms with Crippen LogP contribution >= 0.6 is 0 Å². The molecule has 5 nitrogen and oxygen atoms in total. The molecule has 11 heteroatoms. The van der Waals surface area contributed by atoms with Crippen molar-refractivity contribution in [3.8, 4) is 17.0 Å².